The average Bonchev–Trinajstić information content (AvgIpc) is 3.32. The third-order valence-corrected chi connectivity index (χ3v) is 7.15. The molecule has 0 spiro atoms. The molecule has 0 bridgehead atoms. The van der Waals surface area contributed by atoms with Crippen molar-refractivity contribution in [1.82, 2.24) is 0 Å². The van der Waals surface area contributed by atoms with E-state index in [0.29, 0.717) is 11.3 Å². The fourth-order valence-electron chi connectivity index (χ4n) is 5.83. The number of fused-ring (bicyclic) bond motifs is 3. The zero-order valence-corrected chi connectivity index (χ0v) is 16.2. The normalized spacial score (nSPS) is 19.1. The van der Waals surface area contributed by atoms with Crippen LogP contribution in [0.1, 0.15) is 75.3 Å². The fraction of sp³-hybridized carbons (Fsp3) is 0.462. The van der Waals surface area contributed by atoms with Crippen LogP contribution in [0.25, 0.3) is 11.1 Å². The first-order valence-electron chi connectivity index (χ1n) is 10.5. The molecule has 136 valence electrons. The van der Waals surface area contributed by atoms with Gasteiger partial charge in [-0.15, -0.1) is 6.58 Å². The quantitative estimate of drug-likeness (QED) is 0.356. The molecule has 0 unspecified atom stereocenters. The van der Waals surface area contributed by atoms with E-state index in [1.807, 2.05) is 0 Å². The lowest BCUT2D eigenvalue weighted by molar-refractivity contribution is 0.142. The molecular weight excluding hydrogens is 312 g/mol. The Morgan fingerprint density at radius 3 is 2.08 bits per heavy atom. The van der Waals surface area contributed by atoms with Crippen LogP contribution in [0.3, 0.4) is 0 Å². The van der Waals surface area contributed by atoms with Gasteiger partial charge >= 0.3 is 0 Å². The van der Waals surface area contributed by atoms with Gasteiger partial charge in [0.25, 0.3) is 0 Å². The average molecular weight is 345 g/mol. The van der Waals surface area contributed by atoms with Crippen LogP contribution in [-0.2, 0) is 0 Å². The van der Waals surface area contributed by atoms with Crippen LogP contribution in [0.2, 0.25) is 0 Å². The fourth-order valence-corrected chi connectivity index (χ4v) is 5.83. The molecule has 1 fully saturated rings. The highest BCUT2D eigenvalue weighted by atomic mass is 14.5. The summed E-state index contributed by atoms with van der Waals surface area (Å²) in [7, 11) is 0. The largest absolute Gasteiger partial charge is 0.103 e. The summed E-state index contributed by atoms with van der Waals surface area (Å²) in [6.45, 7) is 6.52. The maximum absolute atomic E-state index is 3.91. The van der Waals surface area contributed by atoms with Crippen molar-refractivity contribution >= 4 is 0 Å². The molecule has 0 nitrogen and oxygen atoms in total. The molecule has 0 aromatic heterocycles. The Balaban J connectivity index is 1.76. The summed E-state index contributed by atoms with van der Waals surface area (Å²) in [5.41, 5.74) is 6.46. The number of benzene rings is 2. The highest BCUT2D eigenvalue weighted by molar-refractivity contribution is 5.79. The second kappa shape index (κ2) is 7.43. The molecule has 2 aromatic carbocycles. The highest BCUT2D eigenvalue weighted by Gasteiger charge is 2.46. The third-order valence-electron chi connectivity index (χ3n) is 7.15. The van der Waals surface area contributed by atoms with Crippen molar-refractivity contribution in [3.05, 3.63) is 72.3 Å². The van der Waals surface area contributed by atoms with Gasteiger partial charge in [-0.25, -0.2) is 0 Å². The van der Waals surface area contributed by atoms with E-state index in [2.05, 4.69) is 68.1 Å². The summed E-state index contributed by atoms with van der Waals surface area (Å²) in [4.78, 5) is 0. The number of rotatable bonds is 7. The molecule has 0 radical (unpaired) electrons. The van der Waals surface area contributed by atoms with Crippen LogP contribution >= 0.6 is 0 Å². The van der Waals surface area contributed by atoms with Crippen molar-refractivity contribution in [1.29, 1.82) is 0 Å². The number of hydrogen-bond donors (Lipinski definition) is 0. The van der Waals surface area contributed by atoms with E-state index in [-0.39, 0.29) is 0 Å². The monoisotopic (exact) mass is 344 g/mol. The molecule has 0 aliphatic heterocycles. The van der Waals surface area contributed by atoms with Crippen LogP contribution in [0, 0.1) is 11.3 Å². The standard InChI is InChI=1S/C26H32/c1-3-4-5-12-19-26(2,20-13-6-7-14-20)25-23-17-10-8-15-21(23)22-16-9-11-18-24(22)25/h3,8-11,15-18,20,25H,1,4-7,12-14,19H2,2H3/t26-/m0/s1. The van der Waals surface area contributed by atoms with E-state index in [1.54, 1.807) is 11.1 Å². The van der Waals surface area contributed by atoms with Gasteiger partial charge in [0.2, 0.25) is 0 Å². The molecule has 2 aromatic rings. The van der Waals surface area contributed by atoms with Gasteiger partial charge in [-0.05, 0) is 65.7 Å². The predicted octanol–water partition coefficient (Wildman–Crippen LogP) is 7.74. The third kappa shape index (κ3) is 2.94. The summed E-state index contributed by atoms with van der Waals surface area (Å²) >= 11 is 0. The van der Waals surface area contributed by atoms with Crippen LogP contribution < -0.4 is 0 Å². The summed E-state index contributed by atoms with van der Waals surface area (Å²) < 4.78 is 0. The van der Waals surface area contributed by atoms with E-state index < -0.39 is 0 Å². The highest BCUT2D eigenvalue weighted by Crippen LogP contribution is 2.59. The summed E-state index contributed by atoms with van der Waals surface area (Å²) in [6, 6.07) is 18.4. The molecule has 4 rings (SSSR count). The SMILES string of the molecule is C=CCCCC[C@@](C)(C1CCCC1)C1c2ccccc2-c2ccccc21. The summed E-state index contributed by atoms with van der Waals surface area (Å²) in [5, 5.41) is 0. The van der Waals surface area contributed by atoms with E-state index in [0.717, 1.165) is 12.3 Å². The summed E-state index contributed by atoms with van der Waals surface area (Å²) in [5.74, 6) is 1.41. The van der Waals surface area contributed by atoms with Gasteiger partial charge in [-0.3, -0.25) is 0 Å². The minimum atomic E-state index is 0.361. The van der Waals surface area contributed by atoms with Gasteiger partial charge in [0.05, 0.1) is 0 Å². The van der Waals surface area contributed by atoms with Crippen LogP contribution in [0.4, 0.5) is 0 Å². The van der Waals surface area contributed by atoms with Crippen molar-refractivity contribution in [3.8, 4) is 11.1 Å². The molecule has 1 atom stereocenters. The van der Waals surface area contributed by atoms with Crippen molar-refractivity contribution in [2.45, 2.75) is 64.2 Å². The Bertz CT molecular complexity index is 720. The molecule has 0 saturated heterocycles. The Labute approximate surface area is 159 Å². The number of unbranched alkanes of at least 4 members (excludes halogenated alkanes) is 2. The number of hydrogen-bond acceptors (Lipinski definition) is 0. The summed E-state index contributed by atoms with van der Waals surface area (Å²) in [6.07, 6.45) is 12.8. The first kappa shape index (κ1) is 17.6. The van der Waals surface area contributed by atoms with Gasteiger partial charge in [0, 0.05) is 5.92 Å². The Morgan fingerprint density at radius 1 is 0.923 bits per heavy atom. The molecule has 0 N–H and O–H groups in total. The van der Waals surface area contributed by atoms with E-state index >= 15 is 0 Å². The topological polar surface area (TPSA) is 0 Å². The lowest BCUT2D eigenvalue weighted by Crippen LogP contribution is -2.33. The minimum absolute atomic E-state index is 0.361. The maximum atomic E-state index is 3.91. The first-order valence-corrected chi connectivity index (χ1v) is 10.5. The molecule has 2 aliphatic carbocycles. The van der Waals surface area contributed by atoms with Crippen molar-refractivity contribution in [2.24, 2.45) is 11.3 Å². The Hall–Kier alpha value is -1.82. The van der Waals surface area contributed by atoms with Gasteiger partial charge < -0.3 is 0 Å². The lowest BCUT2D eigenvalue weighted by Gasteiger charge is -2.42. The Morgan fingerprint density at radius 2 is 1.50 bits per heavy atom. The van der Waals surface area contributed by atoms with Gasteiger partial charge in [0.1, 0.15) is 0 Å². The Kier molecular flexibility index (Phi) is 5.02. The molecule has 0 heterocycles. The molecule has 1 saturated carbocycles. The van der Waals surface area contributed by atoms with Gasteiger partial charge in [-0.2, -0.15) is 0 Å². The second-order valence-corrected chi connectivity index (χ2v) is 8.63. The zero-order chi connectivity index (χ0) is 18.0. The second-order valence-electron chi connectivity index (χ2n) is 8.63. The van der Waals surface area contributed by atoms with Crippen molar-refractivity contribution in [3.63, 3.8) is 0 Å². The minimum Gasteiger partial charge on any atom is -0.103 e. The molecular formula is C26H32. The number of allylic oxidation sites excluding steroid dienone is 1. The van der Waals surface area contributed by atoms with Crippen LogP contribution in [-0.4, -0.2) is 0 Å². The molecule has 26 heavy (non-hydrogen) atoms. The smallest absolute Gasteiger partial charge is 0.0158 e. The van der Waals surface area contributed by atoms with E-state index in [9.17, 15) is 0 Å². The van der Waals surface area contributed by atoms with Gasteiger partial charge in [0.15, 0.2) is 0 Å². The van der Waals surface area contributed by atoms with Crippen molar-refractivity contribution in [2.75, 3.05) is 0 Å². The predicted molar refractivity (Wildman–Crippen MR) is 112 cm³/mol. The van der Waals surface area contributed by atoms with Gasteiger partial charge in [-0.1, -0.05) is 80.8 Å². The molecule has 2 aliphatic rings. The lowest BCUT2D eigenvalue weighted by atomic mass is 9.61. The maximum Gasteiger partial charge on any atom is 0.0158 e. The van der Waals surface area contributed by atoms with E-state index in [4.69, 9.17) is 0 Å². The first-order chi connectivity index (χ1) is 12.8. The van der Waals surface area contributed by atoms with E-state index in [1.165, 1.54) is 56.1 Å². The molecule has 0 heteroatoms. The van der Waals surface area contributed by atoms with Crippen molar-refractivity contribution < 1.29 is 0 Å². The zero-order valence-electron chi connectivity index (χ0n) is 16.2. The van der Waals surface area contributed by atoms with Crippen LogP contribution in [0.15, 0.2) is 61.2 Å². The van der Waals surface area contributed by atoms with Crippen LogP contribution in [0.5, 0.6) is 0 Å². The molecule has 0 amide bonds.